The van der Waals surface area contributed by atoms with Crippen molar-refractivity contribution in [2.45, 2.75) is 25.8 Å². The van der Waals surface area contributed by atoms with Crippen LogP contribution in [0.15, 0.2) is 0 Å². The van der Waals surface area contributed by atoms with Gasteiger partial charge in [0.15, 0.2) is 0 Å². The second kappa shape index (κ2) is 7.19. The Balaban J connectivity index is 3.74. The van der Waals surface area contributed by atoms with Crippen molar-refractivity contribution in [2.75, 3.05) is 39.2 Å². The molecule has 0 aliphatic heterocycles. The van der Waals surface area contributed by atoms with Gasteiger partial charge in [-0.3, -0.25) is 0 Å². The van der Waals surface area contributed by atoms with Crippen molar-refractivity contribution < 1.29 is 8.42 Å². The third-order valence-corrected chi connectivity index (χ3v) is 3.54. The highest BCUT2D eigenvalue weighted by molar-refractivity contribution is 7.90. The number of rotatable bonds is 8. The average Bonchev–Trinajstić information content (AvgIpc) is 2.13. The molecule has 0 saturated heterocycles. The minimum absolute atomic E-state index is 0.250. The van der Waals surface area contributed by atoms with Crippen LogP contribution in [-0.4, -0.2) is 58.6 Å². The third kappa shape index (κ3) is 8.84. The molecule has 1 atom stereocenters. The van der Waals surface area contributed by atoms with Crippen LogP contribution < -0.4 is 5.32 Å². The Labute approximate surface area is 94.0 Å². The van der Waals surface area contributed by atoms with E-state index in [1.54, 1.807) is 0 Å². The summed E-state index contributed by atoms with van der Waals surface area (Å²) in [6, 6.07) is 0.445. The van der Waals surface area contributed by atoms with Gasteiger partial charge in [0, 0.05) is 18.8 Å². The first-order chi connectivity index (χ1) is 6.87. The number of hydrogen-bond acceptors (Lipinski definition) is 4. The molecule has 0 bridgehead atoms. The van der Waals surface area contributed by atoms with Gasteiger partial charge < -0.3 is 10.2 Å². The summed E-state index contributed by atoms with van der Waals surface area (Å²) in [7, 11) is 1.09. The Morgan fingerprint density at radius 3 is 2.47 bits per heavy atom. The SMILES string of the molecule is CNCCCC(C)N(C)CCS(C)(=O)=O. The predicted octanol–water partition coefficient (Wildman–Crippen LogP) is 0.351. The molecule has 0 aromatic rings. The molecule has 1 unspecified atom stereocenters. The Hall–Kier alpha value is -0.130. The fraction of sp³-hybridized carbons (Fsp3) is 1.00. The highest BCUT2D eigenvalue weighted by Gasteiger charge is 2.11. The van der Waals surface area contributed by atoms with Crippen LogP contribution in [0.1, 0.15) is 19.8 Å². The lowest BCUT2D eigenvalue weighted by Crippen LogP contribution is -2.33. The zero-order valence-electron chi connectivity index (χ0n) is 10.3. The van der Waals surface area contributed by atoms with Crippen molar-refractivity contribution >= 4 is 9.84 Å². The summed E-state index contributed by atoms with van der Waals surface area (Å²) in [5.41, 5.74) is 0. The molecule has 0 aliphatic carbocycles. The van der Waals surface area contributed by atoms with E-state index in [4.69, 9.17) is 0 Å². The average molecular weight is 236 g/mol. The minimum atomic E-state index is -2.83. The molecule has 4 nitrogen and oxygen atoms in total. The standard InChI is InChI=1S/C10H24N2O2S/c1-10(6-5-7-11-2)12(3)8-9-15(4,13)14/h10-11H,5-9H2,1-4H3. The topological polar surface area (TPSA) is 49.4 Å². The van der Waals surface area contributed by atoms with E-state index < -0.39 is 9.84 Å². The lowest BCUT2D eigenvalue weighted by Gasteiger charge is -2.24. The zero-order valence-corrected chi connectivity index (χ0v) is 11.1. The van der Waals surface area contributed by atoms with Crippen LogP contribution in [0.2, 0.25) is 0 Å². The Morgan fingerprint density at radius 2 is 2.00 bits per heavy atom. The van der Waals surface area contributed by atoms with E-state index in [-0.39, 0.29) is 5.75 Å². The lowest BCUT2D eigenvalue weighted by atomic mass is 10.1. The molecular weight excluding hydrogens is 212 g/mol. The van der Waals surface area contributed by atoms with Crippen molar-refractivity contribution in [3.05, 3.63) is 0 Å². The maximum atomic E-state index is 11.0. The zero-order chi connectivity index (χ0) is 11.9. The molecule has 0 aromatic carbocycles. The maximum Gasteiger partial charge on any atom is 0.148 e. The largest absolute Gasteiger partial charge is 0.320 e. The fourth-order valence-electron chi connectivity index (χ4n) is 1.32. The second-order valence-electron chi connectivity index (χ2n) is 4.21. The number of hydrogen-bond donors (Lipinski definition) is 1. The molecule has 5 heteroatoms. The van der Waals surface area contributed by atoms with Crippen molar-refractivity contribution in [3.63, 3.8) is 0 Å². The van der Waals surface area contributed by atoms with E-state index in [1.807, 2.05) is 14.1 Å². The van der Waals surface area contributed by atoms with Crippen LogP contribution in [0.3, 0.4) is 0 Å². The summed E-state index contributed by atoms with van der Waals surface area (Å²) in [6.07, 6.45) is 3.51. The van der Waals surface area contributed by atoms with E-state index in [2.05, 4.69) is 17.1 Å². The number of nitrogens with one attached hydrogen (secondary N) is 1. The van der Waals surface area contributed by atoms with Crippen molar-refractivity contribution in [1.29, 1.82) is 0 Å². The number of sulfone groups is 1. The molecule has 0 radical (unpaired) electrons. The summed E-state index contributed by atoms with van der Waals surface area (Å²) in [4.78, 5) is 2.11. The number of nitrogens with zero attached hydrogens (tertiary/aromatic N) is 1. The van der Waals surface area contributed by atoms with Crippen molar-refractivity contribution in [2.24, 2.45) is 0 Å². The monoisotopic (exact) mass is 236 g/mol. The van der Waals surface area contributed by atoms with Crippen LogP contribution in [0.4, 0.5) is 0 Å². The van der Waals surface area contributed by atoms with Gasteiger partial charge >= 0.3 is 0 Å². The summed E-state index contributed by atoms with van der Waals surface area (Å²) in [5, 5.41) is 3.10. The highest BCUT2D eigenvalue weighted by Crippen LogP contribution is 2.03. The van der Waals surface area contributed by atoms with Gasteiger partial charge in [0.2, 0.25) is 0 Å². The molecule has 0 amide bonds. The smallest absolute Gasteiger partial charge is 0.148 e. The normalized spacial score (nSPS) is 14.5. The molecule has 0 aliphatic rings. The highest BCUT2D eigenvalue weighted by atomic mass is 32.2. The maximum absolute atomic E-state index is 11.0. The first-order valence-corrected chi connectivity index (χ1v) is 7.45. The van der Waals surface area contributed by atoms with Crippen molar-refractivity contribution in [1.82, 2.24) is 10.2 Å². The van der Waals surface area contributed by atoms with E-state index >= 15 is 0 Å². The van der Waals surface area contributed by atoms with Crippen LogP contribution >= 0.6 is 0 Å². The van der Waals surface area contributed by atoms with Gasteiger partial charge in [-0.2, -0.15) is 0 Å². The van der Waals surface area contributed by atoms with Gasteiger partial charge in [-0.05, 0) is 40.4 Å². The van der Waals surface area contributed by atoms with Gasteiger partial charge in [-0.1, -0.05) is 0 Å². The van der Waals surface area contributed by atoms with Gasteiger partial charge in [-0.25, -0.2) is 8.42 Å². The molecule has 15 heavy (non-hydrogen) atoms. The van der Waals surface area contributed by atoms with E-state index in [0.29, 0.717) is 12.6 Å². The first kappa shape index (κ1) is 14.9. The third-order valence-electron chi connectivity index (χ3n) is 2.62. The molecule has 0 aromatic heterocycles. The van der Waals surface area contributed by atoms with E-state index in [9.17, 15) is 8.42 Å². The molecule has 0 rings (SSSR count). The van der Waals surface area contributed by atoms with Crippen LogP contribution in [-0.2, 0) is 9.84 Å². The van der Waals surface area contributed by atoms with E-state index in [1.165, 1.54) is 6.26 Å². The summed E-state index contributed by atoms with van der Waals surface area (Å²) in [6.45, 7) is 3.78. The predicted molar refractivity (Wildman–Crippen MR) is 65.0 cm³/mol. The summed E-state index contributed by atoms with van der Waals surface area (Å²) >= 11 is 0. The second-order valence-corrected chi connectivity index (χ2v) is 6.47. The quantitative estimate of drug-likeness (QED) is 0.618. The first-order valence-electron chi connectivity index (χ1n) is 5.39. The van der Waals surface area contributed by atoms with Crippen LogP contribution in [0, 0.1) is 0 Å². The Morgan fingerprint density at radius 1 is 1.40 bits per heavy atom. The molecule has 0 fully saturated rings. The molecule has 0 spiro atoms. The van der Waals surface area contributed by atoms with Gasteiger partial charge in [0.25, 0.3) is 0 Å². The molecule has 0 heterocycles. The van der Waals surface area contributed by atoms with Gasteiger partial charge in [-0.15, -0.1) is 0 Å². The Bertz CT molecular complexity index is 252. The Kier molecular flexibility index (Phi) is 7.13. The van der Waals surface area contributed by atoms with Crippen molar-refractivity contribution in [3.8, 4) is 0 Å². The van der Waals surface area contributed by atoms with Gasteiger partial charge in [0.05, 0.1) is 5.75 Å². The van der Waals surface area contributed by atoms with Crippen LogP contribution in [0.5, 0.6) is 0 Å². The summed E-state index contributed by atoms with van der Waals surface area (Å²) in [5.74, 6) is 0.250. The molecular formula is C10H24N2O2S. The van der Waals surface area contributed by atoms with E-state index in [0.717, 1.165) is 19.4 Å². The van der Waals surface area contributed by atoms with Gasteiger partial charge in [0.1, 0.15) is 9.84 Å². The van der Waals surface area contributed by atoms with Crippen LogP contribution in [0.25, 0.3) is 0 Å². The summed E-state index contributed by atoms with van der Waals surface area (Å²) < 4.78 is 22.0. The molecule has 92 valence electrons. The fourth-order valence-corrected chi connectivity index (χ4v) is 1.94. The lowest BCUT2D eigenvalue weighted by molar-refractivity contribution is 0.256. The minimum Gasteiger partial charge on any atom is -0.320 e. The molecule has 1 N–H and O–H groups in total. The molecule has 0 saturated carbocycles.